The Labute approximate surface area is 421 Å². The average molecular weight is 989 g/mol. The third-order valence-corrected chi connectivity index (χ3v) is 12.5. The van der Waals surface area contributed by atoms with E-state index in [-0.39, 0.29) is 63.3 Å². The van der Waals surface area contributed by atoms with E-state index in [1.807, 2.05) is 74.1 Å². The number of hydrogen-bond acceptors (Lipinski definition) is 10. The minimum absolute atomic E-state index is 0.0405. The molecule has 2 aliphatic carbocycles. The number of carboxylic acids is 3. The second kappa shape index (κ2) is 20.0. The van der Waals surface area contributed by atoms with Crippen molar-refractivity contribution in [2.24, 2.45) is 0 Å². The van der Waals surface area contributed by atoms with Crippen molar-refractivity contribution >= 4 is 57.3 Å². The van der Waals surface area contributed by atoms with Crippen molar-refractivity contribution in [3.8, 4) is 62.5 Å². The maximum absolute atomic E-state index is 13.7. The highest BCUT2D eigenvalue weighted by Gasteiger charge is 2.27. The summed E-state index contributed by atoms with van der Waals surface area (Å²) >= 11 is 0. The van der Waals surface area contributed by atoms with E-state index in [4.69, 9.17) is 8.83 Å². The van der Waals surface area contributed by atoms with Crippen LogP contribution < -0.4 is 36.0 Å². The van der Waals surface area contributed by atoms with Gasteiger partial charge in [-0.1, -0.05) is 48.2 Å². The Kier molecular flexibility index (Phi) is 13.2. The summed E-state index contributed by atoms with van der Waals surface area (Å²) in [5.41, 5.74) is 4.57. The Balaban J connectivity index is 0.885. The number of benzene rings is 7. The summed E-state index contributed by atoms with van der Waals surface area (Å²) in [5, 5.41) is 50.3. The molecule has 368 valence electrons. The SMILES string of the molecule is CN(C)c1ccc2c(-c3ccc(C(=O)N[C@@H](Cc4ccc(C#CCNC(=O)c5ccc(-c6c7ccc(=O)cc-7oc7cc([O-])ccc67)c(C(=O)O)c5)cc4)C(=O)O)cc3C(=O)O)c3ccc(=[N+](C)C)cc-3oc2c1. The molecule has 0 radical (unpaired) electrons. The number of amides is 2. The maximum Gasteiger partial charge on any atom is 0.336 e. The van der Waals surface area contributed by atoms with Crippen molar-refractivity contribution in [1.29, 1.82) is 0 Å². The van der Waals surface area contributed by atoms with E-state index in [9.17, 15) is 49.2 Å². The molecular weight excluding hydrogens is 945 g/mol. The van der Waals surface area contributed by atoms with Gasteiger partial charge in [0.1, 0.15) is 42.8 Å². The summed E-state index contributed by atoms with van der Waals surface area (Å²) in [4.78, 5) is 79.1. The zero-order valence-corrected chi connectivity index (χ0v) is 40.1. The molecule has 2 heterocycles. The molecule has 9 rings (SSSR count). The molecular formula is C58H44N4O12. The lowest BCUT2D eigenvalue weighted by Crippen LogP contribution is -2.42. The zero-order valence-electron chi connectivity index (χ0n) is 40.1. The number of aromatic carboxylic acids is 2. The van der Waals surface area contributed by atoms with Gasteiger partial charge in [0.05, 0.1) is 23.7 Å². The van der Waals surface area contributed by atoms with E-state index in [0.717, 1.165) is 11.0 Å². The number of fused-ring (bicyclic) bond motifs is 4. The highest BCUT2D eigenvalue weighted by Crippen LogP contribution is 2.44. The fourth-order valence-electron chi connectivity index (χ4n) is 8.79. The van der Waals surface area contributed by atoms with Crippen molar-refractivity contribution in [1.82, 2.24) is 15.2 Å². The lowest BCUT2D eigenvalue weighted by Gasteiger charge is -2.19. The minimum atomic E-state index is -1.39. The highest BCUT2D eigenvalue weighted by molar-refractivity contribution is 6.11. The first-order valence-electron chi connectivity index (χ1n) is 22.9. The average Bonchev–Trinajstić information content (AvgIpc) is 3.38. The molecule has 0 saturated heterocycles. The molecule has 5 aromatic carbocycles. The lowest BCUT2D eigenvalue weighted by molar-refractivity contribution is -0.268. The van der Waals surface area contributed by atoms with Crippen LogP contribution in [0.25, 0.3) is 66.8 Å². The Hall–Kier alpha value is -10.0. The molecule has 4 aliphatic rings. The third kappa shape index (κ3) is 9.85. The van der Waals surface area contributed by atoms with Crippen LogP contribution in [0.1, 0.15) is 52.6 Å². The molecule has 0 fully saturated rings. The lowest BCUT2D eigenvalue weighted by atomic mass is 9.89. The van der Waals surface area contributed by atoms with Crippen molar-refractivity contribution in [2.75, 3.05) is 39.6 Å². The van der Waals surface area contributed by atoms with Gasteiger partial charge >= 0.3 is 17.9 Å². The number of anilines is 1. The minimum Gasteiger partial charge on any atom is -0.872 e. The zero-order chi connectivity index (χ0) is 52.5. The second-order valence-corrected chi connectivity index (χ2v) is 17.8. The normalized spacial score (nSPS) is 11.5. The monoisotopic (exact) mass is 988 g/mol. The van der Waals surface area contributed by atoms with Gasteiger partial charge < -0.3 is 44.8 Å². The van der Waals surface area contributed by atoms with Gasteiger partial charge in [-0.05, 0) is 89.5 Å². The highest BCUT2D eigenvalue weighted by atomic mass is 16.4. The van der Waals surface area contributed by atoms with E-state index >= 15 is 0 Å². The first-order valence-corrected chi connectivity index (χ1v) is 22.9. The summed E-state index contributed by atoms with van der Waals surface area (Å²) in [7, 11) is 7.60. The van der Waals surface area contributed by atoms with Crippen LogP contribution in [0.2, 0.25) is 0 Å². The van der Waals surface area contributed by atoms with Crippen molar-refractivity contribution in [3.05, 3.63) is 182 Å². The molecule has 0 unspecified atom stereocenters. The van der Waals surface area contributed by atoms with Gasteiger partial charge in [-0.25, -0.2) is 19.0 Å². The van der Waals surface area contributed by atoms with E-state index in [1.54, 1.807) is 30.3 Å². The molecule has 2 amide bonds. The molecule has 0 spiro atoms. The van der Waals surface area contributed by atoms with Crippen LogP contribution in [0, 0.1) is 11.8 Å². The van der Waals surface area contributed by atoms with Gasteiger partial charge in [0.2, 0.25) is 5.36 Å². The number of hydrogen-bond donors (Lipinski definition) is 5. The molecule has 2 aliphatic heterocycles. The fourth-order valence-corrected chi connectivity index (χ4v) is 8.79. The quantitative estimate of drug-likeness (QED) is 0.0478. The van der Waals surface area contributed by atoms with Gasteiger partial charge in [0.25, 0.3) is 11.8 Å². The van der Waals surface area contributed by atoms with Crippen LogP contribution in [0.5, 0.6) is 5.75 Å². The largest absolute Gasteiger partial charge is 0.872 e. The predicted octanol–water partition coefficient (Wildman–Crippen LogP) is 6.86. The van der Waals surface area contributed by atoms with E-state index in [2.05, 4.69) is 22.5 Å². The summed E-state index contributed by atoms with van der Waals surface area (Å²) in [5.74, 6) is 0.796. The number of carbonyl (C=O) groups is 5. The second-order valence-electron chi connectivity index (χ2n) is 17.8. The molecule has 16 heteroatoms. The molecule has 5 aromatic rings. The van der Waals surface area contributed by atoms with E-state index in [0.29, 0.717) is 61.1 Å². The van der Waals surface area contributed by atoms with Crippen LogP contribution in [-0.4, -0.2) is 85.8 Å². The molecule has 74 heavy (non-hydrogen) atoms. The number of rotatable bonds is 12. The van der Waals surface area contributed by atoms with Crippen LogP contribution >= 0.6 is 0 Å². The topological polar surface area (TPSA) is 243 Å². The van der Waals surface area contributed by atoms with Gasteiger partial charge in [-0.15, -0.1) is 5.75 Å². The molecule has 0 saturated carbocycles. The maximum atomic E-state index is 13.7. The van der Waals surface area contributed by atoms with Crippen molar-refractivity contribution in [2.45, 2.75) is 12.5 Å². The van der Waals surface area contributed by atoms with Crippen LogP contribution in [0.15, 0.2) is 147 Å². The number of nitrogens with zero attached hydrogens (tertiary/aromatic N) is 2. The fraction of sp³-hybridized carbons (Fsp3) is 0.121. The standard InChI is InChI=1S/C58H44N4O12/c1-61(2)35-13-19-41-48(27-35)73-49-28-36(62(3)4)14-20-42(49)52(41)40-18-12-34(26-46(40)57(69)70)55(66)60-47(58(71)72)24-32-9-7-31(8-10-32)6-5-23-59-54(65)33-11-17-39(45(25-33)56(67)68)53-43-21-15-37(63)29-50(43)74-51-30-38(64)16-22-44(51)53/h7-22,25-30,47H,23-24H2,1-4H3,(H5-,59,60,63,64,65,66,67,68,69,70,71,72)/t47-/m0/s1. The Morgan fingerprint density at radius 1 is 0.649 bits per heavy atom. The van der Waals surface area contributed by atoms with E-state index < -0.39 is 35.8 Å². The Bertz CT molecular complexity index is 3930. The Morgan fingerprint density at radius 2 is 1.22 bits per heavy atom. The molecule has 5 N–H and O–H groups in total. The smallest absolute Gasteiger partial charge is 0.336 e. The first-order chi connectivity index (χ1) is 35.4. The summed E-state index contributed by atoms with van der Waals surface area (Å²) in [6.07, 6.45) is -0.116. The predicted molar refractivity (Wildman–Crippen MR) is 276 cm³/mol. The van der Waals surface area contributed by atoms with E-state index in [1.165, 1.54) is 66.7 Å². The summed E-state index contributed by atoms with van der Waals surface area (Å²) < 4.78 is 14.2. The van der Waals surface area contributed by atoms with Crippen LogP contribution in [0.4, 0.5) is 5.69 Å². The number of carbonyl (C=O) groups excluding carboxylic acids is 2. The van der Waals surface area contributed by atoms with Crippen molar-refractivity contribution in [3.63, 3.8) is 0 Å². The summed E-state index contributed by atoms with van der Waals surface area (Å²) in [6, 6.07) is 33.1. The number of carboxylic acid groups (broad SMARTS) is 3. The first kappa shape index (κ1) is 49.0. The number of nitrogens with one attached hydrogen (secondary N) is 2. The molecule has 1 atom stereocenters. The van der Waals surface area contributed by atoms with Crippen LogP contribution in [-0.2, 0) is 11.2 Å². The van der Waals surface area contributed by atoms with Gasteiger partial charge in [-0.2, -0.15) is 0 Å². The van der Waals surface area contributed by atoms with Crippen LogP contribution in [0.3, 0.4) is 0 Å². The number of aliphatic carboxylic acids is 1. The van der Waals surface area contributed by atoms with Gasteiger partial charge in [0, 0.05) is 94.1 Å². The Morgan fingerprint density at radius 3 is 1.81 bits per heavy atom. The van der Waals surface area contributed by atoms with Gasteiger partial charge in [0.15, 0.2) is 5.43 Å². The summed E-state index contributed by atoms with van der Waals surface area (Å²) in [6.45, 7) is -0.115. The van der Waals surface area contributed by atoms with Crippen molar-refractivity contribution < 1.29 is 53.2 Å². The molecule has 0 bridgehead atoms. The molecule has 0 aromatic heterocycles. The van der Waals surface area contributed by atoms with Gasteiger partial charge in [-0.3, -0.25) is 14.4 Å². The third-order valence-electron chi connectivity index (χ3n) is 12.5. The molecule has 16 nitrogen and oxygen atoms in total.